The number of Topliss-reactive ketones (excluding diaryl/α,β-unsaturated/α-hetero) is 1. The van der Waals surface area contributed by atoms with Gasteiger partial charge in [-0.1, -0.05) is 6.07 Å². The Balaban J connectivity index is 0.00000272. The first kappa shape index (κ1) is 23.4. The number of likely N-dealkylation sites (tertiary alicyclic amines) is 1. The Morgan fingerprint density at radius 3 is 2.42 bits per heavy atom. The van der Waals surface area contributed by atoms with Gasteiger partial charge in [0.05, 0.1) is 6.26 Å². The predicted octanol–water partition coefficient (Wildman–Crippen LogP) is 3.35. The molecule has 0 spiro atoms. The van der Waals surface area contributed by atoms with Crippen molar-refractivity contribution >= 4 is 33.9 Å². The van der Waals surface area contributed by atoms with Crippen LogP contribution in [0.3, 0.4) is 0 Å². The first-order chi connectivity index (χ1) is 14.4. The zero-order valence-corrected chi connectivity index (χ0v) is 19.0. The van der Waals surface area contributed by atoms with Gasteiger partial charge < -0.3 is 14.4 Å². The van der Waals surface area contributed by atoms with Crippen molar-refractivity contribution in [1.82, 2.24) is 4.90 Å². The molecule has 1 saturated heterocycles. The summed E-state index contributed by atoms with van der Waals surface area (Å²) < 4.78 is 35.8. The number of halogens is 1. The highest BCUT2D eigenvalue weighted by Gasteiger charge is 2.25. The Hall–Kier alpha value is -2.29. The summed E-state index contributed by atoms with van der Waals surface area (Å²) in [4.78, 5) is 15.2. The van der Waals surface area contributed by atoms with E-state index < -0.39 is 10.0 Å². The summed E-state index contributed by atoms with van der Waals surface area (Å²) in [6.07, 6.45) is 3.71. The molecular weight excluding hydrogens is 440 g/mol. The number of carbonyl (C=O) groups excluding carboxylic acids is 1. The Kier molecular flexibility index (Phi) is 7.46. The number of rotatable bonds is 7. The fourth-order valence-electron chi connectivity index (χ4n) is 3.95. The lowest BCUT2D eigenvalue weighted by Crippen LogP contribution is -2.37. The van der Waals surface area contributed by atoms with Crippen molar-refractivity contribution in [2.24, 2.45) is 5.92 Å². The van der Waals surface area contributed by atoms with Crippen molar-refractivity contribution < 1.29 is 22.7 Å². The zero-order valence-electron chi connectivity index (χ0n) is 17.4. The summed E-state index contributed by atoms with van der Waals surface area (Å²) in [7, 11) is -3.32. The van der Waals surface area contributed by atoms with E-state index in [1.165, 1.54) is 5.56 Å². The van der Waals surface area contributed by atoms with Crippen molar-refractivity contribution in [2.45, 2.75) is 19.3 Å². The maximum absolute atomic E-state index is 12.8. The van der Waals surface area contributed by atoms with Gasteiger partial charge in [0.1, 0.15) is 0 Å². The third-order valence-corrected chi connectivity index (χ3v) is 6.19. The molecule has 4 rings (SSSR count). The zero-order chi connectivity index (χ0) is 21.1. The topological polar surface area (TPSA) is 84.9 Å². The molecule has 168 valence electrons. The van der Waals surface area contributed by atoms with Gasteiger partial charge >= 0.3 is 0 Å². The number of sulfonamides is 1. The van der Waals surface area contributed by atoms with Gasteiger partial charge in [0.15, 0.2) is 17.3 Å². The monoisotopic (exact) mass is 466 g/mol. The third kappa shape index (κ3) is 6.12. The highest BCUT2D eigenvalue weighted by atomic mass is 35.5. The summed E-state index contributed by atoms with van der Waals surface area (Å²) in [5.74, 6) is 1.77. The molecule has 2 aromatic rings. The fraction of sp³-hybridized carbons (Fsp3) is 0.409. The molecule has 1 fully saturated rings. The van der Waals surface area contributed by atoms with E-state index in [4.69, 9.17) is 9.47 Å². The second kappa shape index (κ2) is 9.89. The van der Waals surface area contributed by atoms with Crippen LogP contribution in [-0.2, 0) is 16.4 Å². The van der Waals surface area contributed by atoms with Gasteiger partial charge in [-0.05, 0) is 74.3 Å². The van der Waals surface area contributed by atoms with Gasteiger partial charge in [-0.15, -0.1) is 12.4 Å². The van der Waals surface area contributed by atoms with Gasteiger partial charge in [0, 0.05) is 23.7 Å². The van der Waals surface area contributed by atoms with Crippen LogP contribution in [0, 0.1) is 5.92 Å². The van der Waals surface area contributed by atoms with Crippen LogP contribution in [-0.4, -0.2) is 51.8 Å². The first-order valence-corrected chi connectivity index (χ1v) is 12.0. The van der Waals surface area contributed by atoms with E-state index in [-0.39, 0.29) is 30.9 Å². The van der Waals surface area contributed by atoms with Crippen molar-refractivity contribution in [2.75, 3.05) is 37.4 Å². The quantitative estimate of drug-likeness (QED) is 0.630. The normalized spacial score (nSPS) is 16.5. The Bertz CT molecular complexity index is 1020. The summed E-state index contributed by atoms with van der Waals surface area (Å²) >= 11 is 0. The Morgan fingerprint density at radius 1 is 1.06 bits per heavy atom. The summed E-state index contributed by atoms with van der Waals surface area (Å²) in [5.41, 5.74) is 2.32. The average Bonchev–Trinajstić information content (AvgIpc) is 3.19. The van der Waals surface area contributed by atoms with Crippen LogP contribution in [0.2, 0.25) is 0 Å². The number of nitrogens with one attached hydrogen (secondary N) is 1. The lowest BCUT2D eigenvalue weighted by Gasteiger charge is -2.31. The van der Waals surface area contributed by atoms with Crippen LogP contribution in [0.5, 0.6) is 11.5 Å². The number of hydrogen-bond donors (Lipinski definition) is 1. The van der Waals surface area contributed by atoms with Crippen molar-refractivity contribution in [1.29, 1.82) is 0 Å². The van der Waals surface area contributed by atoms with E-state index in [9.17, 15) is 13.2 Å². The van der Waals surface area contributed by atoms with Crippen molar-refractivity contribution in [3.05, 3.63) is 53.6 Å². The third-order valence-electron chi connectivity index (χ3n) is 5.58. The molecule has 0 aromatic heterocycles. The molecule has 2 heterocycles. The second-order valence-corrected chi connectivity index (χ2v) is 9.62. The Labute approximate surface area is 189 Å². The molecule has 2 aromatic carbocycles. The minimum atomic E-state index is -3.32. The molecule has 0 radical (unpaired) electrons. The molecular formula is C22H27ClN2O5S. The van der Waals surface area contributed by atoms with E-state index in [0.717, 1.165) is 56.7 Å². The number of nitrogens with zero attached hydrogens (tertiary/aromatic N) is 1. The van der Waals surface area contributed by atoms with Crippen LogP contribution in [0.25, 0.3) is 0 Å². The van der Waals surface area contributed by atoms with Gasteiger partial charge in [0.2, 0.25) is 16.8 Å². The lowest BCUT2D eigenvalue weighted by atomic mass is 9.88. The number of piperidine rings is 1. The minimum Gasteiger partial charge on any atom is -0.454 e. The number of fused-ring (bicyclic) bond motifs is 1. The van der Waals surface area contributed by atoms with Crippen LogP contribution in [0.15, 0.2) is 42.5 Å². The number of ether oxygens (including phenoxy) is 2. The maximum Gasteiger partial charge on any atom is 0.231 e. The van der Waals surface area contributed by atoms with E-state index in [0.29, 0.717) is 11.3 Å². The number of benzene rings is 2. The summed E-state index contributed by atoms with van der Waals surface area (Å²) in [5, 5.41) is 0. The molecule has 7 nitrogen and oxygen atoms in total. The molecule has 0 saturated carbocycles. The number of ketones is 1. The van der Waals surface area contributed by atoms with Crippen LogP contribution >= 0.6 is 12.4 Å². The van der Waals surface area contributed by atoms with Crippen LogP contribution < -0.4 is 14.2 Å². The summed E-state index contributed by atoms with van der Waals surface area (Å²) in [6, 6.07) is 12.7. The van der Waals surface area contributed by atoms with E-state index in [1.54, 1.807) is 24.3 Å². The molecule has 31 heavy (non-hydrogen) atoms. The molecule has 0 atom stereocenters. The van der Waals surface area contributed by atoms with E-state index >= 15 is 0 Å². The average molecular weight is 467 g/mol. The van der Waals surface area contributed by atoms with Crippen molar-refractivity contribution in [3.8, 4) is 11.5 Å². The molecule has 9 heteroatoms. The van der Waals surface area contributed by atoms with E-state index in [1.807, 2.05) is 12.1 Å². The molecule has 1 N–H and O–H groups in total. The van der Waals surface area contributed by atoms with E-state index in [2.05, 4.69) is 15.7 Å². The molecule has 0 unspecified atom stereocenters. The molecule has 2 aliphatic heterocycles. The molecule has 2 aliphatic rings. The standard InChI is InChI=1S/C22H26N2O5S.ClH/c1-30(26,27)23-19-5-3-17(4-6-19)22(25)18-9-12-24(13-10-18)11-8-16-2-7-20-21(14-16)29-15-28-20;/h2-7,14,18,23H,8-13,15H2,1H3;1H. The largest absolute Gasteiger partial charge is 0.454 e. The predicted molar refractivity (Wildman–Crippen MR) is 122 cm³/mol. The Morgan fingerprint density at radius 2 is 1.74 bits per heavy atom. The van der Waals surface area contributed by atoms with Gasteiger partial charge in [-0.3, -0.25) is 9.52 Å². The van der Waals surface area contributed by atoms with Gasteiger partial charge in [-0.25, -0.2) is 8.42 Å². The van der Waals surface area contributed by atoms with Crippen molar-refractivity contribution in [3.63, 3.8) is 0 Å². The highest BCUT2D eigenvalue weighted by molar-refractivity contribution is 7.92. The minimum absolute atomic E-state index is 0. The number of carbonyl (C=O) groups is 1. The number of anilines is 1. The molecule has 0 bridgehead atoms. The van der Waals surface area contributed by atoms with Crippen LogP contribution in [0.4, 0.5) is 5.69 Å². The second-order valence-electron chi connectivity index (χ2n) is 7.87. The first-order valence-electron chi connectivity index (χ1n) is 10.1. The maximum atomic E-state index is 12.8. The SMILES string of the molecule is CS(=O)(=O)Nc1ccc(C(=O)C2CCN(CCc3ccc4c(c3)OCO4)CC2)cc1.Cl. The lowest BCUT2D eigenvalue weighted by molar-refractivity contribution is 0.0841. The van der Waals surface area contributed by atoms with Gasteiger partial charge in [-0.2, -0.15) is 0 Å². The van der Waals surface area contributed by atoms with Gasteiger partial charge in [0.25, 0.3) is 0 Å². The number of hydrogen-bond acceptors (Lipinski definition) is 6. The highest BCUT2D eigenvalue weighted by Crippen LogP contribution is 2.32. The molecule has 0 amide bonds. The van der Waals surface area contributed by atoms with Crippen LogP contribution in [0.1, 0.15) is 28.8 Å². The fourth-order valence-corrected chi connectivity index (χ4v) is 4.52. The molecule has 0 aliphatic carbocycles. The summed E-state index contributed by atoms with van der Waals surface area (Å²) in [6.45, 7) is 3.03. The smallest absolute Gasteiger partial charge is 0.231 e.